The fourth-order valence-electron chi connectivity index (χ4n) is 3.37. The minimum absolute atomic E-state index is 0.157. The van der Waals surface area contributed by atoms with E-state index in [1.165, 1.54) is 11.8 Å². The minimum atomic E-state index is -0.223. The number of allylic oxidation sites excluding steroid dienone is 1. The molecule has 8 heteroatoms. The number of ether oxygens (including phenoxy) is 1. The summed E-state index contributed by atoms with van der Waals surface area (Å²) in [4.78, 5) is 17.2. The first-order valence-electron chi connectivity index (χ1n) is 9.93. The van der Waals surface area contributed by atoms with Gasteiger partial charge in [0.1, 0.15) is 5.75 Å². The van der Waals surface area contributed by atoms with Gasteiger partial charge in [-0.1, -0.05) is 24.8 Å². The topological polar surface area (TPSA) is 63.5 Å². The number of aromatic nitrogens is 3. The van der Waals surface area contributed by atoms with Gasteiger partial charge in [-0.3, -0.25) is 9.36 Å². The number of hydrogen-bond acceptors (Lipinski definition) is 6. The highest BCUT2D eigenvalue weighted by molar-refractivity contribution is 8.00. The van der Waals surface area contributed by atoms with Crippen molar-refractivity contribution in [2.75, 3.05) is 39.8 Å². The molecule has 1 aromatic heterocycles. The van der Waals surface area contributed by atoms with Crippen molar-refractivity contribution in [3.05, 3.63) is 36.9 Å². The van der Waals surface area contributed by atoms with Crippen LogP contribution in [0.25, 0.3) is 11.4 Å². The second kappa shape index (κ2) is 9.93. The second-order valence-electron chi connectivity index (χ2n) is 6.95. The van der Waals surface area contributed by atoms with E-state index in [1.807, 2.05) is 46.7 Å². The van der Waals surface area contributed by atoms with Crippen LogP contribution in [0.3, 0.4) is 0 Å². The van der Waals surface area contributed by atoms with Gasteiger partial charge in [-0.2, -0.15) is 0 Å². The number of benzene rings is 1. The number of piperazine rings is 1. The molecule has 0 saturated carbocycles. The van der Waals surface area contributed by atoms with Crippen LogP contribution in [0.5, 0.6) is 5.75 Å². The summed E-state index contributed by atoms with van der Waals surface area (Å²) in [6, 6.07) is 7.71. The van der Waals surface area contributed by atoms with Gasteiger partial charge in [0.15, 0.2) is 11.0 Å². The number of nitrogens with zero attached hydrogens (tertiary/aromatic N) is 5. The number of amides is 1. The third-order valence-electron chi connectivity index (χ3n) is 5.14. The molecule has 1 aliphatic rings. The summed E-state index contributed by atoms with van der Waals surface area (Å²) >= 11 is 1.45. The largest absolute Gasteiger partial charge is 0.497 e. The Kier molecular flexibility index (Phi) is 7.33. The third kappa shape index (κ3) is 5.00. The SMILES string of the molecule is C=CCn1c(SC(C)C(=O)N2CCN(CC)CC2)nnc1-c1ccc(OC)cc1. The molecule has 2 aromatic rings. The average molecular weight is 416 g/mol. The van der Waals surface area contributed by atoms with Crippen LogP contribution in [0.15, 0.2) is 42.1 Å². The maximum absolute atomic E-state index is 12.9. The van der Waals surface area contributed by atoms with Crippen LogP contribution in [-0.4, -0.2) is 75.6 Å². The Hall–Kier alpha value is -2.32. The summed E-state index contributed by atoms with van der Waals surface area (Å²) in [7, 11) is 1.64. The van der Waals surface area contributed by atoms with Crippen molar-refractivity contribution in [2.24, 2.45) is 0 Å². The number of thioether (sulfide) groups is 1. The smallest absolute Gasteiger partial charge is 0.235 e. The van der Waals surface area contributed by atoms with Gasteiger partial charge in [0.25, 0.3) is 0 Å². The first kappa shape index (κ1) is 21.4. The van der Waals surface area contributed by atoms with Gasteiger partial charge >= 0.3 is 0 Å². The molecule has 29 heavy (non-hydrogen) atoms. The molecule has 0 bridgehead atoms. The van der Waals surface area contributed by atoms with Crippen LogP contribution >= 0.6 is 11.8 Å². The Morgan fingerprint density at radius 1 is 1.24 bits per heavy atom. The highest BCUT2D eigenvalue weighted by Crippen LogP contribution is 2.28. The number of likely N-dealkylation sites (N-methyl/N-ethyl adjacent to an activating group) is 1. The van der Waals surface area contributed by atoms with Crippen molar-refractivity contribution in [3.63, 3.8) is 0 Å². The molecule has 1 aromatic carbocycles. The van der Waals surface area contributed by atoms with Crippen molar-refractivity contribution in [3.8, 4) is 17.1 Å². The highest BCUT2D eigenvalue weighted by atomic mass is 32.2. The molecular formula is C21H29N5O2S. The Bertz CT molecular complexity index is 828. The number of rotatable bonds is 8. The molecule has 1 amide bonds. The molecule has 1 saturated heterocycles. The van der Waals surface area contributed by atoms with Crippen LogP contribution in [0.2, 0.25) is 0 Å². The Balaban J connectivity index is 1.73. The maximum atomic E-state index is 12.9. The van der Waals surface area contributed by atoms with E-state index >= 15 is 0 Å². The molecular weight excluding hydrogens is 386 g/mol. The molecule has 7 nitrogen and oxygen atoms in total. The molecule has 3 rings (SSSR count). The standard InChI is InChI=1S/C21H29N5O2S/c1-5-11-26-19(17-7-9-18(28-4)10-8-17)22-23-21(26)29-16(3)20(27)25-14-12-24(6-2)13-15-25/h5,7-10,16H,1,6,11-15H2,2-4H3. The van der Waals surface area contributed by atoms with Crippen molar-refractivity contribution in [1.82, 2.24) is 24.6 Å². The van der Waals surface area contributed by atoms with Crippen LogP contribution in [0.1, 0.15) is 13.8 Å². The van der Waals surface area contributed by atoms with Gasteiger partial charge in [-0.05, 0) is 37.7 Å². The van der Waals surface area contributed by atoms with Crippen LogP contribution in [0, 0.1) is 0 Å². The number of hydrogen-bond donors (Lipinski definition) is 0. The zero-order chi connectivity index (χ0) is 20.8. The molecule has 156 valence electrons. The lowest BCUT2D eigenvalue weighted by Crippen LogP contribution is -2.50. The zero-order valence-corrected chi connectivity index (χ0v) is 18.2. The van der Waals surface area contributed by atoms with Gasteiger partial charge in [0.2, 0.25) is 5.91 Å². The zero-order valence-electron chi connectivity index (χ0n) is 17.4. The van der Waals surface area contributed by atoms with Crippen molar-refractivity contribution < 1.29 is 9.53 Å². The van der Waals surface area contributed by atoms with E-state index in [0.29, 0.717) is 6.54 Å². The maximum Gasteiger partial charge on any atom is 0.235 e. The molecule has 2 heterocycles. The third-order valence-corrected chi connectivity index (χ3v) is 6.21. The molecule has 1 atom stereocenters. The predicted octanol–water partition coefficient (Wildman–Crippen LogP) is 2.78. The minimum Gasteiger partial charge on any atom is -0.497 e. The number of carbonyl (C=O) groups is 1. The molecule has 1 fully saturated rings. The van der Waals surface area contributed by atoms with Gasteiger partial charge in [0, 0.05) is 38.3 Å². The summed E-state index contributed by atoms with van der Waals surface area (Å²) in [5.41, 5.74) is 0.946. The Morgan fingerprint density at radius 3 is 2.52 bits per heavy atom. The predicted molar refractivity (Wildman–Crippen MR) is 116 cm³/mol. The molecule has 1 unspecified atom stereocenters. The summed E-state index contributed by atoms with van der Waals surface area (Å²) in [6.45, 7) is 13.0. The lowest BCUT2D eigenvalue weighted by molar-refractivity contribution is -0.132. The number of carbonyl (C=O) groups excluding carboxylic acids is 1. The van der Waals surface area contributed by atoms with Crippen molar-refractivity contribution >= 4 is 17.7 Å². The Morgan fingerprint density at radius 2 is 1.93 bits per heavy atom. The summed E-state index contributed by atoms with van der Waals surface area (Å²) in [5.74, 6) is 1.71. The van der Waals surface area contributed by atoms with E-state index in [9.17, 15) is 4.79 Å². The molecule has 0 radical (unpaired) electrons. The van der Waals surface area contributed by atoms with Crippen molar-refractivity contribution in [2.45, 2.75) is 30.8 Å². The van der Waals surface area contributed by atoms with Crippen molar-refractivity contribution in [1.29, 1.82) is 0 Å². The van der Waals surface area contributed by atoms with Crippen LogP contribution in [-0.2, 0) is 11.3 Å². The summed E-state index contributed by atoms with van der Waals surface area (Å²) in [6.07, 6.45) is 1.82. The quantitative estimate of drug-likeness (QED) is 0.488. The van der Waals surface area contributed by atoms with Gasteiger partial charge < -0.3 is 14.5 Å². The van der Waals surface area contributed by atoms with Gasteiger partial charge in [-0.15, -0.1) is 16.8 Å². The molecule has 0 N–H and O–H groups in total. The normalized spacial score (nSPS) is 15.9. The van der Waals surface area contributed by atoms with E-state index in [-0.39, 0.29) is 11.2 Å². The lowest BCUT2D eigenvalue weighted by Gasteiger charge is -2.35. The van der Waals surface area contributed by atoms with Crippen LogP contribution in [0.4, 0.5) is 0 Å². The first-order chi connectivity index (χ1) is 14.1. The van der Waals surface area contributed by atoms with Gasteiger partial charge in [-0.25, -0.2) is 0 Å². The van der Waals surface area contributed by atoms with E-state index in [2.05, 4.69) is 28.6 Å². The summed E-state index contributed by atoms with van der Waals surface area (Å²) < 4.78 is 7.23. The molecule has 0 aliphatic carbocycles. The summed E-state index contributed by atoms with van der Waals surface area (Å²) in [5, 5.41) is 9.25. The fourth-order valence-corrected chi connectivity index (χ4v) is 4.32. The number of methoxy groups -OCH3 is 1. The Labute approximate surface area is 176 Å². The first-order valence-corrected chi connectivity index (χ1v) is 10.8. The average Bonchev–Trinajstić information content (AvgIpc) is 3.15. The van der Waals surface area contributed by atoms with E-state index in [1.54, 1.807) is 7.11 Å². The van der Waals surface area contributed by atoms with Gasteiger partial charge in [0.05, 0.1) is 12.4 Å². The van der Waals surface area contributed by atoms with E-state index in [4.69, 9.17) is 4.74 Å². The highest BCUT2D eigenvalue weighted by Gasteiger charge is 2.27. The molecule has 0 spiro atoms. The second-order valence-corrected chi connectivity index (χ2v) is 8.26. The fraction of sp³-hybridized carbons (Fsp3) is 0.476. The van der Waals surface area contributed by atoms with Crippen LogP contribution < -0.4 is 4.74 Å². The van der Waals surface area contributed by atoms with E-state index in [0.717, 1.165) is 55.0 Å². The van der Waals surface area contributed by atoms with E-state index < -0.39 is 0 Å². The monoisotopic (exact) mass is 415 g/mol. The molecule has 1 aliphatic heterocycles. The lowest BCUT2D eigenvalue weighted by atomic mass is 10.2.